The van der Waals surface area contributed by atoms with Crippen LogP contribution >= 0.6 is 23.2 Å². The smallest absolute Gasteiger partial charge is 0.337 e. The molecule has 0 amide bonds. The minimum atomic E-state index is -0.864. The molecule has 0 radical (unpaired) electrons. The van der Waals surface area contributed by atoms with E-state index >= 15 is 0 Å². The minimum absolute atomic E-state index is 0.0734. The van der Waals surface area contributed by atoms with Gasteiger partial charge in [-0.2, -0.15) is 0 Å². The zero-order valence-electron chi connectivity index (χ0n) is 17.0. The van der Waals surface area contributed by atoms with Gasteiger partial charge in [0.15, 0.2) is 5.15 Å². The van der Waals surface area contributed by atoms with Crippen LogP contribution < -0.4 is 5.32 Å². The van der Waals surface area contributed by atoms with E-state index < -0.39 is 17.9 Å². The van der Waals surface area contributed by atoms with E-state index in [0.29, 0.717) is 17.2 Å². The standard InChI is InChI=1S/C21H21Cl2N3O4/c1-11-14(20(27)29-4)16(19-25-17(22)18(23)26(19)3)15(12(2)24-11)21(28)30-10-13-8-6-5-7-9-13/h5-9,16,24H,10H2,1-4H3. The van der Waals surface area contributed by atoms with Crippen LogP contribution in [0.25, 0.3) is 0 Å². The number of methoxy groups -OCH3 is 1. The predicted molar refractivity (Wildman–Crippen MR) is 113 cm³/mol. The lowest BCUT2D eigenvalue weighted by atomic mass is 9.84. The third-order valence-corrected chi connectivity index (χ3v) is 5.67. The van der Waals surface area contributed by atoms with E-state index in [0.717, 1.165) is 5.56 Å². The molecule has 1 N–H and O–H groups in total. The van der Waals surface area contributed by atoms with E-state index in [1.807, 2.05) is 30.3 Å². The summed E-state index contributed by atoms with van der Waals surface area (Å²) >= 11 is 12.3. The van der Waals surface area contributed by atoms with E-state index in [9.17, 15) is 9.59 Å². The fourth-order valence-corrected chi connectivity index (χ4v) is 3.77. The Kier molecular flexibility index (Phi) is 6.53. The topological polar surface area (TPSA) is 82.4 Å². The maximum atomic E-state index is 13.1. The van der Waals surface area contributed by atoms with Gasteiger partial charge in [-0.3, -0.25) is 0 Å². The Morgan fingerprint density at radius 2 is 1.70 bits per heavy atom. The first-order valence-electron chi connectivity index (χ1n) is 9.11. The molecular weight excluding hydrogens is 429 g/mol. The number of ether oxygens (including phenoxy) is 2. The van der Waals surface area contributed by atoms with Crippen molar-refractivity contribution in [2.75, 3.05) is 7.11 Å². The molecule has 2 aromatic rings. The third-order valence-electron chi connectivity index (χ3n) is 4.88. The Hall–Kier alpha value is -2.77. The van der Waals surface area contributed by atoms with E-state index in [-0.39, 0.29) is 28.1 Å². The summed E-state index contributed by atoms with van der Waals surface area (Å²) in [5, 5.41) is 3.34. The monoisotopic (exact) mass is 449 g/mol. The molecular formula is C21H21Cl2N3O4. The number of esters is 2. The number of nitrogens with zero attached hydrogens (tertiary/aromatic N) is 2. The Balaban J connectivity index is 2.06. The maximum absolute atomic E-state index is 13.1. The summed E-state index contributed by atoms with van der Waals surface area (Å²) in [5.74, 6) is -1.71. The van der Waals surface area contributed by atoms with Gasteiger partial charge in [-0.1, -0.05) is 53.5 Å². The molecule has 30 heavy (non-hydrogen) atoms. The number of nitrogens with one attached hydrogen (secondary N) is 1. The number of carbonyl (C=O) groups excluding carboxylic acids is 2. The summed E-state index contributed by atoms with van der Waals surface area (Å²) in [5.41, 5.74) is 2.39. The third kappa shape index (κ3) is 4.08. The van der Waals surface area contributed by atoms with Gasteiger partial charge >= 0.3 is 11.9 Å². The highest BCUT2D eigenvalue weighted by atomic mass is 35.5. The van der Waals surface area contributed by atoms with Crippen molar-refractivity contribution in [1.29, 1.82) is 0 Å². The molecule has 7 nitrogen and oxygen atoms in total. The molecule has 0 fully saturated rings. The summed E-state index contributed by atoms with van der Waals surface area (Å²) in [6, 6.07) is 9.31. The van der Waals surface area contributed by atoms with Gasteiger partial charge in [0.25, 0.3) is 0 Å². The molecule has 2 heterocycles. The molecule has 0 bridgehead atoms. The van der Waals surface area contributed by atoms with Crippen LogP contribution in [-0.4, -0.2) is 28.6 Å². The number of benzene rings is 1. The summed E-state index contributed by atoms with van der Waals surface area (Å²) in [4.78, 5) is 30.1. The van der Waals surface area contributed by atoms with Gasteiger partial charge in [-0.25, -0.2) is 14.6 Å². The average Bonchev–Trinajstić information content (AvgIpc) is 2.98. The van der Waals surface area contributed by atoms with Crippen LogP contribution in [0.3, 0.4) is 0 Å². The van der Waals surface area contributed by atoms with Gasteiger partial charge in [0.2, 0.25) is 0 Å². The first-order valence-corrected chi connectivity index (χ1v) is 9.87. The molecule has 158 valence electrons. The Labute approximate surface area is 184 Å². The molecule has 1 aromatic carbocycles. The number of halogens is 2. The predicted octanol–water partition coefficient (Wildman–Crippen LogP) is 3.88. The lowest BCUT2D eigenvalue weighted by Gasteiger charge is -2.29. The van der Waals surface area contributed by atoms with Crippen LogP contribution in [0.15, 0.2) is 52.9 Å². The normalized spacial score (nSPS) is 16.4. The maximum Gasteiger partial charge on any atom is 0.337 e. The van der Waals surface area contributed by atoms with Crippen molar-refractivity contribution in [2.24, 2.45) is 7.05 Å². The number of hydrogen-bond acceptors (Lipinski definition) is 6. The minimum Gasteiger partial charge on any atom is -0.466 e. The number of aromatic nitrogens is 2. The number of hydrogen-bond donors (Lipinski definition) is 1. The second-order valence-corrected chi connectivity index (χ2v) is 7.52. The zero-order valence-corrected chi connectivity index (χ0v) is 18.5. The molecule has 1 aromatic heterocycles. The highest BCUT2D eigenvalue weighted by Gasteiger charge is 2.40. The molecule has 0 aliphatic carbocycles. The summed E-state index contributed by atoms with van der Waals surface area (Å²) < 4.78 is 12.1. The lowest BCUT2D eigenvalue weighted by Crippen LogP contribution is -2.33. The fourth-order valence-electron chi connectivity index (χ4n) is 3.42. The van der Waals surface area contributed by atoms with Crippen LogP contribution in [0.1, 0.15) is 31.2 Å². The SMILES string of the molecule is COC(=O)C1=C(C)NC(C)=C(C(=O)OCc2ccccc2)C1c1nc(Cl)c(Cl)n1C. The molecule has 3 rings (SSSR count). The van der Waals surface area contributed by atoms with Crippen molar-refractivity contribution in [1.82, 2.24) is 14.9 Å². The van der Waals surface area contributed by atoms with Crippen molar-refractivity contribution in [3.8, 4) is 0 Å². The van der Waals surface area contributed by atoms with Crippen molar-refractivity contribution in [2.45, 2.75) is 26.4 Å². The second kappa shape index (κ2) is 8.93. The van der Waals surface area contributed by atoms with Crippen LogP contribution in [0.5, 0.6) is 0 Å². The number of rotatable bonds is 5. The van der Waals surface area contributed by atoms with Crippen LogP contribution in [0.2, 0.25) is 10.3 Å². The lowest BCUT2D eigenvalue weighted by molar-refractivity contribution is -0.140. The molecule has 1 unspecified atom stereocenters. The van der Waals surface area contributed by atoms with Gasteiger partial charge in [0.05, 0.1) is 24.2 Å². The Bertz CT molecular complexity index is 1060. The second-order valence-electron chi connectivity index (χ2n) is 6.80. The number of carbonyl (C=O) groups is 2. The van der Waals surface area contributed by atoms with Crippen molar-refractivity contribution in [3.63, 3.8) is 0 Å². The quantitative estimate of drug-likeness (QED) is 0.697. The van der Waals surface area contributed by atoms with Crippen LogP contribution in [0.4, 0.5) is 0 Å². The number of dihydropyridines is 1. The van der Waals surface area contributed by atoms with Gasteiger partial charge < -0.3 is 19.4 Å². The summed E-state index contributed by atoms with van der Waals surface area (Å²) in [6.07, 6.45) is 0. The number of allylic oxidation sites excluding steroid dienone is 2. The summed E-state index contributed by atoms with van der Waals surface area (Å²) in [7, 11) is 2.93. The van der Waals surface area contributed by atoms with E-state index in [1.54, 1.807) is 20.9 Å². The first kappa shape index (κ1) is 21.9. The van der Waals surface area contributed by atoms with Crippen LogP contribution in [0, 0.1) is 0 Å². The van der Waals surface area contributed by atoms with Crippen molar-refractivity contribution < 1.29 is 19.1 Å². The van der Waals surface area contributed by atoms with E-state index in [2.05, 4.69) is 10.3 Å². The van der Waals surface area contributed by atoms with E-state index in [4.69, 9.17) is 32.7 Å². The fraction of sp³-hybridized carbons (Fsp3) is 0.286. The Morgan fingerprint density at radius 1 is 1.10 bits per heavy atom. The Morgan fingerprint density at radius 3 is 2.23 bits per heavy atom. The summed E-state index contributed by atoms with van der Waals surface area (Å²) in [6.45, 7) is 3.54. The van der Waals surface area contributed by atoms with Gasteiger partial charge in [-0.15, -0.1) is 0 Å². The zero-order chi connectivity index (χ0) is 22.0. The average molecular weight is 450 g/mol. The molecule has 1 atom stereocenters. The van der Waals surface area contributed by atoms with Gasteiger partial charge in [-0.05, 0) is 19.4 Å². The van der Waals surface area contributed by atoms with Crippen molar-refractivity contribution >= 4 is 35.1 Å². The van der Waals surface area contributed by atoms with Crippen molar-refractivity contribution in [3.05, 3.63) is 74.6 Å². The molecule has 0 spiro atoms. The first-order chi connectivity index (χ1) is 14.3. The molecule has 1 aliphatic heterocycles. The number of imidazole rings is 1. The highest BCUT2D eigenvalue weighted by molar-refractivity contribution is 6.40. The largest absolute Gasteiger partial charge is 0.466 e. The van der Waals surface area contributed by atoms with Gasteiger partial charge in [0, 0.05) is 18.4 Å². The van der Waals surface area contributed by atoms with Crippen LogP contribution in [-0.2, 0) is 32.7 Å². The molecule has 1 aliphatic rings. The molecule has 0 saturated carbocycles. The molecule has 0 saturated heterocycles. The van der Waals surface area contributed by atoms with Gasteiger partial charge in [0.1, 0.15) is 17.6 Å². The molecule has 9 heteroatoms. The highest BCUT2D eigenvalue weighted by Crippen LogP contribution is 2.40. The van der Waals surface area contributed by atoms with E-state index in [1.165, 1.54) is 11.7 Å².